The number of ether oxygens (including phenoxy) is 2. The van der Waals surface area contributed by atoms with E-state index in [1.54, 1.807) is 13.2 Å². The SMILES string of the molecule is COc1cc(C#N)c2cc1Oc1ccc(cc1)CCC(=O)NCC2. The van der Waals surface area contributed by atoms with Crippen molar-refractivity contribution in [2.24, 2.45) is 0 Å². The predicted molar refractivity (Wildman–Crippen MR) is 89.3 cm³/mol. The summed E-state index contributed by atoms with van der Waals surface area (Å²) < 4.78 is 11.3. The highest BCUT2D eigenvalue weighted by Crippen LogP contribution is 2.34. The first kappa shape index (κ1) is 15.9. The Bertz CT molecular complexity index is 791. The predicted octanol–water partition coefficient (Wildman–Crippen LogP) is 2.96. The molecule has 0 radical (unpaired) electrons. The minimum atomic E-state index is 0.0135. The van der Waals surface area contributed by atoms with Gasteiger partial charge in [0.05, 0.1) is 18.7 Å². The van der Waals surface area contributed by atoms with Crippen LogP contribution < -0.4 is 14.8 Å². The van der Waals surface area contributed by atoms with E-state index in [1.807, 2.05) is 30.3 Å². The third-order valence-electron chi connectivity index (χ3n) is 4.02. The molecule has 2 heterocycles. The Morgan fingerprint density at radius 2 is 1.96 bits per heavy atom. The van der Waals surface area contributed by atoms with E-state index in [4.69, 9.17) is 9.47 Å². The maximum Gasteiger partial charge on any atom is 0.220 e. The molecule has 2 aliphatic rings. The number of methoxy groups -OCH3 is 1. The number of nitrogens with one attached hydrogen (secondary N) is 1. The van der Waals surface area contributed by atoms with Gasteiger partial charge in [0.2, 0.25) is 5.91 Å². The fourth-order valence-corrected chi connectivity index (χ4v) is 2.69. The Morgan fingerprint density at radius 3 is 2.67 bits per heavy atom. The van der Waals surface area contributed by atoms with E-state index in [0.717, 1.165) is 11.1 Å². The number of hydrogen-bond acceptors (Lipinski definition) is 4. The highest BCUT2D eigenvalue weighted by molar-refractivity contribution is 5.76. The van der Waals surface area contributed by atoms with Crippen molar-refractivity contribution in [1.29, 1.82) is 5.26 Å². The van der Waals surface area contributed by atoms with Gasteiger partial charge < -0.3 is 14.8 Å². The molecule has 0 aromatic heterocycles. The molecule has 0 fully saturated rings. The van der Waals surface area contributed by atoms with Crippen molar-refractivity contribution in [3.63, 3.8) is 0 Å². The number of carbonyl (C=O) groups is 1. The first-order valence-electron chi connectivity index (χ1n) is 7.84. The molecule has 2 aliphatic heterocycles. The zero-order valence-corrected chi connectivity index (χ0v) is 13.5. The molecular formula is C19H18N2O3. The summed E-state index contributed by atoms with van der Waals surface area (Å²) in [5.41, 5.74) is 2.43. The summed E-state index contributed by atoms with van der Waals surface area (Å²) in [4.78, 5) is 11.9. The summed E-state index contributed by atoms with van der Waals surface area (Å²) in [5.74, 6) is 1.77. The van der Waals surface area contributed by atoms with Crippen LogP contribution >= 0.6 is 0 Å². The van der Waals surface area contributed by atoms with E-state index in [2.05, 4.69) is 11.4 Å². The molecule has 24 heavy (non-hydrogen) atoms. The highest BCUT2D eigenvalue weighted by Gasteiger charge is 2.14. The molecule has 0 unspecified atom stereocenters. The van der Waals surface area contributed by atoms with Gasteiger partial charge in [-0.2, -0.15) is 5.26 Å². The molecule has 1 amide bonds. The monoisotopic (exact) mass is 322 g/mol. The van der Waals surface area contributed by atoms with Crippen LogP contribution in [-0.4, -0.2) is 19.6 Å². The van der Waals surface area contributed by atoms with Crippen LogP contribution in [-0.2, 0) is 17.6 Å². The Labute approximate surface area is 140 Å². The Balaban J connectivity index is 2.03. The summed E-state index contributed by atoms with van der Waals surface area (Å²) in [7, 11) is 1.55. The lowest BCUT2D eigenvalue weighted by Gasteiger charge is -2.15. The summed E-state index contributed by atoms with van der Waals surface area (Å²) in [6.07, 6.45) is 1.69. The van der Waals surface area contributed by atoms with Gasteiger partial charge in [0.25, 0.3) is 0 Å². The number of nitriles is 1. The number of carbonyl (C=O) groups excluding carboxylic acids is 1. The number of nitrogens with zero attached hydrogens (tertiary/aromatic N) is 1. The molecule has 0 aliphatic carbocycles. The number of rotatable bonds is 1. The van der Waals surface area contributed by atoms with Gasteiger partial charge in [-0.3, -0.25) is 4.79 Å². The van der Waals surface area contributed by atoms with Gasteiger partial charge in [0, 0.05) is 19.0 Å². The van der Waals surface area contributed by atoms with Crippen LogP contribution in [0.3, 0.4) is 0 Å². The van der Waals surface area contributed by atoms with Crippen molar-refractivity contribution < 1.29 is 14.3 Å². The first-order valence-corrected chi connectivity index (χ1v) is 7.84. The minimum absolute atomic E-state index is 0.0135. The van der Waals surface area contributed by atoms with E-state index in [-0.39, 0.29) is 5.91 Å². The standard InChI is InChI=1S/C19H18N2O3/c1-23-17-11-15(12-20)14-8-9-21-19(22)7-4-13-2-5-16(6-3-13)24-18(17)10-14/h2-3,5-6,10-11H,4,7-9H2,1H3,(H,21,22). The van der Waals surface area contributed by atoms with Gasteiger partial charge in [0.15, 0.2) is 11.5 Å². The lowest BCUT2D eigenvalue weighted by molar-refractivity contribution is -0.121. The normalized spacial score (nSPS) is 14.1. The molecule has 0 saturated carbocycles. The van der Waals surface area contributed by atoms with E-state index in [1.165, 1.54) is 0 Å². The third kappa shape index (κ3) is 3.49. The lowest BCUT2D eigenvalue weighted by atomic mass is 10.0. The Morgan fingerprint density at radius 1 is 1.17 bits per heavy atom. The second kappa shape index (κ2) is 7.05. The van der Waals surface area contributed by atoms with E-state index in [9.17, 15) is 10.1 Å². The first-order chi connectivity index (χ1) is 11.7. The Kier molecular flexibility index (Phi) is 4.66. The number of aryl methyl sites for hydroxylation is 1. The molecule has 5 heteroatoms. The molecule has 5 nitrogen and oxygen atoms in total. The zero-order valence-electron chi connectivity index (χ0n) is 13.5. The maximum atomic E-state index is 11.9. The molecule has 2 aromatic rings. The van der Waals surface area contributed by atoms with Gasteiger partial charge in [0.1, 0.15) is 5.75 Å². The molecule has 0 atom stereocenters. The van der Waals surface area contributed by atoms with Crippen LogP contribution in [0.25, 0.3) is 0 Å². The van der Waals surface area contributed by atoms with Gasteiger partial charge in [-0.15, -0.1) is 0 Å². The van der Waals surface area contributed by atoms with Crippen LogP contribution in [0.15, 0.2) is 36.4 Å². The van der Waals surface area contributed by atoms with Crippen LogP contribution in [0.2, 0.25) is 0 Å². The number of amides is 1. The smallest absolute Gasteiger partial charge is 0.220 e. The molecule has 1 N–H and O–H groups in total. The number of hydrogen-bond donors (Lipinski definition) is 1. The van der Waals surface area contributed by atoms with Gasteiger partial charge in [-0.1, -0.05) is 12.1 Å². The summed E-state index contributed by atoms with van der Waals surface area (Å²) >= 11 is 0. The van der Waals surface area contributed by atoms with E-state index < -0.39 is 0 Å². The fourth-order valence-electron chi connectivity index (χ4n) is 2.69. The third-order valence-corrected chi connectivity index (χ3v) is 4.02. The van der Waals surface area contributed by atoms with Gasteiger partial charge >= 0.3 is 0 Å². The fraction of sp³-hybridized carbons (Fsp3) is 0.263. The van der Waals surface area contributed by atoms with Crippen LogP contribution in [0.4, 0.5) is 0 Å². The molecule has 0 spiro atoms. The molecule has 0 saturated heterocycles. The van der Waals surface area contributed by atoms with Crippen molar-refractivity contribution in [3.8, 4) is 23.3 Å². The molecular weight excluding hydrogens is 304 g/mol. The second-order valence-electron chi connectivity index (χ2n) is 5.62. The van der Waals surface area contributed by atoms with Crippen molar-refractivity contribution in [1.82, 2.24) is 5.32 Å². The van der Waals surface area contributed by atoms with Gasteiger partial charge in [-0.05, 0) is 42.2 Å². The summed E-state index contributed by atoms with van der Waals surface area (Å²) in [6.45, 7) is 0.483. The largest absolute Gasteiger partial charge is 0.493 e. The quantitative estimate of drug-likeness (QED) is 0.876. The van der Waals surface area contributed by atoms with Crippen molar-refractivity contribution in [2.75, 3.05) is 13.7 Å². The molecule has 4 bridgehead atoms. The van der Waals surface area contributed by atoms with Gasteiger partial charge in [-0.25, -0.2) is 0 Å². The highest BCUT2D eigenvalue weighted by atomic mass is 16.5. The minimum Gasteiger partial charge on any atom is -0.493 e. The molecule has 4 rings (SSSR count). The Hall–Kier alpha value is -3.00. The van der Waals surface area contributed by atoms with E-state index >= 15 is 0 Å². The second-order valence-corrected chi connectivity index (χ2v) is 5.62. The average molecular weight is 322 g/mol. The average Bonchev–Trinajstić information content (AvgIpc) is 2.61. The zero-order chi connectivity index (χ0) is 16.9. The lowest BCUT2D eigenvalue weighted by Crippen LogP contribution is -2.26. The van der Waals surface area contributed by atoms with Crippen LogP contribution in [0, 0.1) is 11.3 Å². The topological polar surface area (TPSA) is 71.3 Å². The summed E-state index contributed by atoms with van der Waals surface area (Å²) in [5, 5.41) is 12.2. The molecule has 122 valence electrons. The number of fused-ring (bicyclic) bond motifs is 7. The summed E-state index contributed by atoms with van der Waals surface area (Å²) in [6, 6.07) is 13.3. The molecule has 2 aromatic carbocycles. The maximum absolute atomic E-state index is 11.9. The van der Waals surface area contributed by atoms with E-state index in [0.29, 0.717) is 48.6 Å². The van der Waals surface area contributed by atoms with Crippen molar-refractivity contribution in [3.05, 3.63) is 53.1 Å². The van der Waals surface area contributed by atoms with Crippen molar-refractivity contribution >= 4 is 5.91 Å². The number of benzene rings is 2. The van der Waals surface area contributed by atoms with Crippen LogP contribution in [0.5, 0.6) is 17.2 Å². The van der Waals surface area contributed by atoms with Crippen molar-refractivity contribution in [2.45, 2.75) is 19.3 Å². The van der Waals surface area contributed by atoms with Crippen LogP contribution in [0.1, 0.15) is 23.1 Å².